The number of carbonyl (C=O) groups excluding carboxylic acids is 1. The summed E-state index contributed by atoms with van der Waals surface area (Å²) in [6, 6.07) is 3.43. The van der Waals surface area contributed by atoms with Gasteiger partial charge in [0.05, 0.1) is 18.9 Å². The molecule has 1 fully saturated rings. The lowest BCUT2D eigenvalue weighted by Gasteiger charge is -2.40. The van der Waals surface area contributed by atoms with E-state index in [0.717, 1.165) is 0 Å². The summed E-state index contributed by atoms with van der Waals surface area (Å²) in [7, 11) is 0. The summed E-state index contributed by atoms with van der Waals surface area (Å²) >= 11 is 0. The summed E-state index contributed by atoms with van der Waals surface area (Å²) in [5.74, 6) is 0.626. The number of aliphatic hydroxyl groups is 1. The summed E-state index contributed by atoms with van der Waals surface area (Å²) < 4.78 is 5.14. The second kappa shape index (κ2) is 5.54. The van der Waals surface area contributed by atoms with E-state index in [1.807, 2.05) is 0 Å². The molecule has 1 aliphatic heterocycles. The lowest BCUT2D eigenvalue weighted by atomic mass is 9.99. The molecule has 5 heteroatoms. The molecule has 1 aromatic rings. The average Bonchev–Trinajstić information content (AvgIpc) is 2.90. The fraction of sp³-hybridized carbons (Fsp3) is 0.615. The first kappa shape index (κ1) is 13.1. The van der Waals surface area contributed by atoms with Crippen LogP contribution in [0.2, 0.25) is 0 Å². The zero-order valence-electron chi connectivity index (χ0n) is 10.8. The van der Waals surface area contributed by atoms with Crippen LogP contribution in [0.5, 0.6) is 0 Å². The number of piperazine rings is 1. The Morgan fingerprint density at radius 1 is 1.67 bits per heavy atom. The molecule has 0 spiro atoms. The average molecular weight is 252 g/mol. The quantitative estimate of drug-likeness (QED) is 0.831. The minimum atomic E-state index is -0.183. The number of nitrogens with zero attached hydrogens (tertiary/aromatic N) is 1. The largest absolute Gasteiger partial charge is 0.459 e. The molecule has 1 aromatic heterocycles. The van der Waals surface area contributed by atoms with Gasteiger partial charge in [-0.15, -0.1) is 0 Å². The van der Waals surface area contributed by atoms with Crippen LogP contribution in [0, 0.1) is 5.92 Å². The van der Waals surface area contributed by atoms with Crippen molar-refractivity contribution < 1.29 is 14.3 Å². The lowest BCUT2D eigenvalue weighted by molar-refractivity contribution is 0.0406. The Kier molecular flexibility index (Phi) is 4.04. The molecule has 2 N–H and O–H groups in total. The van der Waals surface area contributed by atoms with Gasteiger partial charge < -0.3 is 19.7 Å². The molecule has 0 radical (unpaired) electrons. The van der Waals surface area contributed by atoms with Gasteiger partial charge >= 0.3 is 0 Å². The zero-order valence-corrected chi connectivity index (χ0v) is 10.8. The first-order valence-corrected chi connectivity index (χ1v) is 6.32. The van der Waals surface area contributed by atoms with E-state index in [2.05, 4.69) is 19.2 Å². The highest BCUT2D eigenvalue weighted by molar-refractivity contribution is 5.91. The minimum Gasteiger partial charge on any atom is -0.459 e. The molecule has 2 rings (SSSR count). The Balaban J connectivity index is 2.13. The van der Waals surface area contributed by atoms with Crippen LogP contribution in [0.3, 0.4) is 0 Å². The number of hydrogen-bond donors (Lipinski definition) is 2. The van der Waals surface area contributed by atoms with Gasteiger partial charge in [-0.1, -0.05) is 13.8 Å². The van der Waals surface area contributed by atoms with Crippen LogP contribution < -0.4 is 5.32 Å². The van der Waals surface area contributed by atoms with Crippen LogP contribution in [0.4, 0.5) is 0 Å². The monoisotopic (exact) mass is 252 g/mol. The van der Waals surface area contributed by atoms with Gasteiger partial charge in [0.15, 0.2) is 5.76 Å². The van der Waals surface area contributed by atoms with Crippen LogP contribution in [0.25, 0.3) is 0 Å². The first-order chi connectivity index (χ1) is 8.63. The minimum absolute atomic E-state index is 0.0374. The number of furan rings is 1. The topological polar surface area (TPSA) is 65.7 Å². The van der Waals surface area contributed by atoms with E-state index in [-0.39, 0.29) is 24.6 Å². The lowest BCUT2D eigenvalue weighted by Crippen LogP contribution is -2.60. The number of carbonyl (C=O) groups is 1. The third-order valence-corrected chi connectivity index (χ3v) is 3.46. The molecule has 18 heavy (non-hydrogen) atoms. The molecule has 2 unspecified atom stereocenters. The Hall–Kier alpha value is -1.33. The molecule has 1 aliphatic rings. The number of hydrogen-bond acceptors (Lipinski definition) is 4. The molecule has 0 saturated carbocycles. The Labute approximate surface area is 107 Å². The number of aliphatic hydroxyl groups excluding tert-OH is 1. The van der Waals surface area contributed by atoms with Gasteiger partial charge in [-0.05, 0) is 18.1 Å². The van der Waals surface area contributed by atoms with Crippen molar-refractivity contribution in [3.63, 3.8) is 0 Å². The maximum absolute atomic E-state index is 12.3. The summed E-state index contributed by atoms with van der Waals surface area (Å²) in [5, 5.41) is 12.7. The van der Waals surface area contributed by atoms with E-state index in [1.165, 1.54) is 6.26 Å². The molecular formula is C13H20N2O3. The predicted molar refractivity (Wildman–Crippen MR) is 67.2 cm³/mol. The van der Waals surface area contributed by atoms with Crippen molar-refractivity contribution in [1.29, 1.82) is 0 Å². The second-order valence-electron chi connectivity index (χ2n) is 5.03. The van der Waals surface area contributed by atoms with Crippen molar-refractivity contribution in [2.75, 3.05) is 19.7 Å². The van der Waals surface area contributed by atoms with E-state index >= 15 is 0 Å². The van der Waals surface area contributed by atoms with E-state index in [1.54, 1.807) is 17.0 Å². The van der Waals surface area contributed by atoms with Gasteiger partial charge in [0, 0.05) is 19.1 Å². The van der Waals surface area contributed by atoms with Crippen molar-refractivity contribution in [3.8, 4) is 0 Å². The summed E-state index contributed by atoms with van der Waals surface area (Å²) in [6.07, 6.45) is 1.49. The second-order valence-corrected chi connectivity index (χ2v) is 5.03. The van der Waals surface area contributed by atoms with Gasteiger partial charge in [-0.3, -0.25) is 4.79 Å². The highest BCUT2D eigenvalue weighted by Crippen LogP contribution is 2.16. The predicted octanol–water partition coefficient (Wildman–Crippen LogP) is 0.711. The van der Waals surface area contributed by atoms with Crippen molar-refractivity contribution in [3.05, 3.63) is 24.2 Å². The molecule has 5 nitrogen and oxygen atoms in total. The Bertz CT molecular complexity index is 389. The molecule has 0 bridgehead atoms. The van der Waals surface area contributed by atoms with Crippen molar-refractivity contribution in [2.45, 2.75) is 25.9 Å². The normalized spacial score (nSPS) is 24.6. The van der Waals surface area contributed by atoms with Crippen LogP contribution in [-0.4, -0.2) is 47.7 Å². The van der Waals surface area contributed by atoms with Gasteiger partial charge in [0.1, 0.15) is 0 Å². The Morgan fingerprint density at radius 2 is 2.44 bits per heavy atom. The number of rotatable bonds is 3. The number of amides is 1. The molecule has 0 aromatic carbocycles. The van der Waals surface area contributed by atoms with Gasteiger partial charge in [-0.25, -0.2) is 0 Å². The van der Waals surface area contributed by atoms with E-state index in [4.69, 9.17) is 4.42 Å². The maximum atomic E-state index is 12.3. The third-order valence-electron chi connectivity index (χ3n) is 3.46. The van der Waals surface area contributed by atoms with Crippen LogP contribution >= 0.6 is 0 Å². The SMILES string of the molecule is CC(C)C1CN(C(=O)c2ccco2)C(CO)CN1. The first-order valence-electron chi connectivity index (χ1n) is 6.32. The summed E-state index contributed by atoms with van der Waals surface area (Å²) in [5.41, 5.74) is 0. The van der Waals surface area contributed by atoms with E-state index in [0.29, 0.717) is 24.8 Å². The number of nitrogens with one attached hydrogen (secondary N) is 1. The third kappa shape index (κ3) is 2.57. The molecule has 0 aliphatic carbocycles. The highest BCUT2D eigenvalue weighted by atomic mass is 16.3. The Morgan fingerprint density at radius 3 is 3.00 bits per heavy atom. The molecule has 1 amide bonds. The van der Waals surface area contributed by atoms with Gasteiger partial charge in [-0.2, -0.15) is 0 Å². The van der Waals surface area contributed by atoms with Crippen LogP contribution in [-0.2, 0) is 0 Å². The van der Waals surface area contributed by atoms with Crippen molar-refractivity contribution in [1.82, 2.24) is 10.2 Å². The maximum Gasteiger partial charge on any atom is 0.289 e. The van der Waals surface area contributed by atoms with Crippen molar-refractivity contribution in [2.24, 2.45) is 5.92 Å². The van der Waals surface area contributed by atoms with E-state index in [9.17, 15) is 9.90 Å². The fourth-order valence-electron chi connectivity index (χ4n) is 2.22. The van der Waals surface area contributed by atoms with E-state index < -0.39 is 0 Å². The van der Waals surface area contributed by atoms with Crippen molar-refractivity contribution >= 4 is 5.91 Å². The smallest absolute Gasteiger partial charge is 0.289 e. The molecule has 100 valence electrons. The molecule has 2 atom stereocenters. The van der Waals surface area contributed by atoms with Crippen LogP contribution in [0.15, 0.2) is 22.8 Å². The van der Waals surface area contributed by atoms with Crippen LogP contribution in [0.1, 0.15) is 24.4 Å². The standard InChI is InChI=1S/C13H20N2O3/c1-9(2)11-7-15(10(8-16)6-14-11)13(17)12-4-3-5-18-12/h3-5,9-11,14,16H,6-8H2,1-2H3. The molecule has 1 saturated heterocycles. The summed E-state index contributed by atoms with van der Waals surface area (Å²) in [4.78, 5) is 14.0. The summed E-state index contributed by atoms with van der Waals surface area (Å²) in [6.45, 7) is 5.41. The van der Waals surface area contributed by atoms with Gasteiger partial charge in [0.25, 0.3) is 5.91 Å². The zero-order chi connectivity index (χ0) is 13.1. The highest BCUT2D eigenvalue weighted by Gasteiger charge is 2.33. The fourth-order valence-corrected chi connectivity index (χ4v) is 2.22. The van der Waals surface area contributed by atoms with Gasteiger partial charge in [0.2, 0.25) is 0 Å². The molecular weight excluding hydrogens is 232 g/mol. The molecule has 2 heterocycles.